The first kappa shape index (κ1) is 18.5. The Labute approximate surface area is 159 Å². The monoisotopic (exact) mass is 367 g/mol. The molecule has 0 aliphatic heterocycles. The van der Waals surface area contributed by atoms with Crippen LogP contribution >= 0.6 is 11.3 Å². The molecule has 1 aromatic carbocycles. The van der Waals surface area contributed by atoms with Gasteiger partial charge in [0.2, 0.25) is 0 Å². The number of hydrogen-bond acceptors (Lipinski definition) is 4. The van der Waals surface area contributed by atoms with Gasteiger partial charge >= 0.3 is 0 Å². The molecule has 4 nitrogen and oxygen atoms in total. The Hall–Kier alpha value is -2.32. The van der Waals surface area contributed by atoms with Crippen molar-refractivity contribution in [2.45, 2.75) is 40.0 Å². The van der Waals surface area contributed by atoms with Gasteiger partial charge in [0.15, 0.2) is 0 Å². The van der Waals surface area contributed by atoms with E-state index in [9.17, 15) is 10.1 Å². The highest BCUT2D eigenvalue weighted by atomic mass is 32.1. The van der Waals surface area contributed by atoms with Crippen molar-refractivity contribution in [3.63, 3.8) is 0 Å². The standard InChI is InChI=1S/C21H25N3OS/c1-4-24(5-2)16-9-7-15(8-10-16)20(25)23-21-18(13-22)17-11-6-14(3)12-19(17)26-21/h7-10,14H,4-6,11-12H2,1-3H3,(H,23,25). The number of carbonyl (C=O) groups is 1. The van der Waals surface area contributed by atoms with Crippen LogP contribution in [0.15, 0.2) is 24.3 Å². The number of rotatable bonds is 5. The minimum absolute atomic E-state index is 0.153. The molecule has 0 bridgehead atoms. The zero-order valence-corrected chi connectivity index (χ0v) is 16.4. The second-order valence-corrected chi connectivity index (χ2v) is 7.95. The number of amides is 1. The van der Waals surface area contributed by atoms with Gasteiger partial charge in [-0.25, -0.2) is 0 Å². The van der Waals surface area contributed by atoms with Gasteiger partial charge in [-0.2, -0.15) is 5.26 Å². The molecule has 1 heterocycles. The molecule has 3 rings (SSSR count). The molecule has 0 saturated carbocycles. The van der Waals surface area contributed by atoms with Gasteiger partial charge in [0.05, 0.1) is 5.56 Å². The van der Waals surface area contributed by atoms with Crippen LogP contribution in [0.4, 0.5) is 10.7 Å². The van der Waals surface area contributed by atoms with Crippen molar-refractivity contribution in [3.05, 3.63) is 45.8 Å². The van der Waals surface area contributed by atoms with E-state index in [0.717, 1.165) is 43.6 Å². The number of nitrogens with one attached hydrogen (secondary N) is 1. The summed E-state index contributed by atoms with van der Waals surface area (Å²) >= 11 is 1.57. The number of thiophene rings is 1. The Morgan fingerprint density at radius 1 is 1.31 bits per heavy atom. The molecule has 1 N–H and O–H groups in total. The maximum atomic E-state index is 12.7. The predicted octanol–water partition coefficient (Wildman–Crippen LogP) is 4.84. The van der Waals surface area contributed by atoms with E-state index in [1.807, 2.05) is 24.3 Å². The quantitative estimate of drug-likeness (QED) is 0.822. The third kappa shape index (κ3) is 3.61. The van der Waals surface area contributed by atoms with Gasteiger partial charge in [-0.15, -0.1) is 11.3 Å². The van der Waals surface area contributed by atoms with Crippen LogP contribution in [0, 0.1) is 17.2 Å². The summed E-state index contributed by atoms with van der Waals surface area (Å²) < 4.78 is 0. The number of benzene rings is 1. The molecule has 136 valence electrons. The molecule has 26 heavy (non-hydrogen) atoms. The fourth-order valence-electron chi connectivity index (χ4n) is 3.54. The lowest BCUT2D eigenvalue weighted by molar-refractivity contribution is 0.102. The van der Waals surface area contributed by atoms with Crippen LogP contribution in [0.5, 0.6) is 0 Å². The van der Waals surface area contributed by atoms with Gasteiger partial charge in [-0.05, 0) is 68.9 Å². The molecule has 1 atom stereocenters. The Kier molecular flexibility index (Phi) is 5.63. The maximum Gasteiger partial charge on any atom is 0.256 e. The maximum absolute atomic E-state index is 12.7. The van der Waals surface area contributed by atoms with Crippen LogP contribution in [0.25, 0.3) is 0 Å². The van der Waals surface area contributed by atoms with Crippen LogP contribution in [-0.4, -0.2) is 19.0 Å². The van der Waals surface area contributed by atoms with E-state index < -0.39 is 0 Å². The summed E-state index contributed by atoms with van der Waals surface area (Å²) in [6.45, 7) is 8.35. The van der Waals surface area contributed by atoms with Gasteiger partial charge in [-0.3, -0.25) is 4.79 Å². The fraction of sp³-hybridized carbons (Fsp3) is 0.429. The van der Waals surface area contributed by atoms with Crippen LogP contribution in [0.2, 0.25) is 0 Å². The number of fused-ring (bicyclic) bond motifs is 1. The van der Waals surface area contributed by atoms with Gasteiger partial charge in [0.1, 0.15) is 11.1 Å². The van der Waals surface area contributed by atoms with E-state index in [2.05, 4.69) is 37.1 Å². The lowest BCUT2D eigenvalue weighted by Crippen LogP contribution is -2.21. The summed E-state index contributed by atoms with van der Waals surface area (Å²) in [5.74, 6) is 0.489. The average Bonchev–Trinajstić information content (AvgIpc) is 2.99. The molecule has 1 aliphatic carbocycles. The molecule has 2 aromatic rings. The second kappa shape index (κ2) is 7.92. The highest BCUT2D eigenvalue weighted by Gasteiger charge is 2.24. The number of nitriles is 1. The molecular formula is C21H25N3OS. The molecule has 0 saturated heterocycles. The Morgan fingerprint density at radius 3 is 2.62 bits per heavy atom. The van der Waals surface area contributed by atoms with Crippen molar-refractivity contribution >= 4 is 27.9 Å². The number of nitrogens with zero attached hydrogens (tertiary/aromatic N) is 2. The van der Waals surface area contributed by atoms with Crippen molar-refractivity contribution in [2.24, 2.45) is 5.92 Å². The van der Waals surface area contributed by atoms with Crippen LogP contribution in [0.3, 0.4) is 0 Å². The van der Waals surface area contributed by atoms with Gasteiger partial charge < -0.3 is 10.2 Å². The van der Waals surface area contributed by atoms with Gasteiger partial charge in [-0.1, -0.05) is 6.92 Å². The van der Waals surface area contributed by atoms with E-state index in [-0.39, 0.29) is 5.91 Å². The first-order valence-electron chi connectivity index (χ1n) is 9.28. The summed E-state index contributed by atoms with van der Waals surface area (Å²) in [5, 5.41) is 13.2. The lowest BCUT2D eigenvalue weighted by Gasteiger charge is -2.21. The largest absolute Gasteiger partial charge is 0.372 e. The Balaban J connectivity index is 1.79. The third-order valence-corrected chi connectivity index (χ3v) is 6.28. The first-order chi connectivity index (χ1) is 12.6. The zero-order chi connectivity index (χ0) is 18.7. The molecular weight excluding hydrogens is 342 g/mol. The molecule has 0 spiro atoms. The highest BCUT2D eigenvalue weighted by Crippen LogP contribution is 2.39. The predicted molar refractivity (Wildman–Crippen MR) is 108 cm³/mol. The van der Waals surface area contributed by atoms with Crippen molar-refractivity contribution < 1.29 is 4.79 Å². The van der Waals surface area contributed by atoms with Crippen molar-refractivity contribution in [2.75, 3.05) is 23.3 Å². The van der Waals surface area contributed by atoms with Crippen molar-refractivity contribution in [3.8, 4) is 6.07 Å². The van der Waals surface area contributed by atoms with E-state index >= 15 is 0 Å². The smallest absolute Gasteiger partial charge is 0.256 e. The summed E-state index contributed by atoms with van der Waals surface area (Å²) in [6.07, 6.45) is 3.05. The normalized spacial score (nSPS) is 15.8. The average molecular weight is 368 g/mol. The summed E-state index contributed by atoms with van der Waals surface area (Å²) in [5.41, 5.74) is 3.53. The topological polar surface area (TPSA) is 56.1 Å². The summed E-state index contributed by atoms with van der Waals surface area (Å²) in [7, 11) is 0. The third-order valence-electron chi connectivity index (χ3n) is 5.11. The van der Waals surface area contributed by atoms with Crippen molar-refractivity contribution in [1.29, 1.82) is 5.26 Å². The van der Waals surface area contributed by atoms with E-state index in [1.165, 1.54) is 4.88 Å². The molecule has 1 aromatic heterocycles. The number of anilines is 2. The van der Waals surface area contributed by atoms with Crippen LogP contribution in [-0.2, 0) is 12.8 Å². The van der Waals surface area contributed by atoms with Crippen LogP contribution in [0.1, 0.15) is 53.6 Å². The SMILES string of the molecule is CCN(CC)c1ccc(C(=O)Nc2sc3c(c2C#N)CCC(C)C3)cc1. The molecule has 1 unspecified atom stereocenters. The fourth-order valence-corrected chi connectivity index (χ4v) is 4.90. The van der Waals surface area contributed by atoms with E-state index in [1.54, 1.807) is 11.3 Å². The van der Waals surface area contributed by atoms with Gasteiger partial charge in [0.25, 0.3) is 5.91 Å². The second-order valence-electron chi connectivity index (χ2n) is 6.84. The first-order valence-corrected chi connectivity index (χ1v) is 10.1. The van der Waals surface area contributed by atoms with E-state index in [0.29, 0.717) is 22.0 Å². The highest BCUT2D eigenvalue weighted by molar-refractivity contribution is 7.16. The van der Waals surface area contributed by atoms with Gasteiger partial charge in [0, 0.05) is 29.2 Å². The number of hydrogen-bond donors (Lipinski definition) is 1. The molecule has 5 heteroatoms. The molecule has 0 radical (unpaired) electrons. The van der Waals surface area contributed by atoms with E-state index in [4.69, 9.17) is 0 Å². The Morgan fingerprint density at radius 2 is 2.00 bits per heavy atom. The molecule has 0 fully saturated rings. The number of carbonyl (C=O) groups excluding carboxylic acids is 1. The van der Waals surface area contributed by atoms with Crippen LogP contribution < -0.4 is 10.2 Å². The van der Waals surface area contributed by atoms with Crippen molar-refractivity contribution in [1.82, 2.24) is 0 Å². The molecule has 1 amide bonds. The minimum Gasteiger partial charge on any atom is -0.372 e. The summed E-state index contributed by atoms with van der Waals surface area (Å²) in [4.78, 5) is 16.1. The zero-order valence-electron chi connectivity index (χ0n) is 15.6. The minimum atomic E-state index is -0.153. The Bertz CT molecular complexity index is 828. The summed E-state index contributed by atoms with van der Waals surface area (Å²) in [6, 6.07) is 9.97. The lowest BCUT2D eigenvalue weighted by atomic mass is 9.88. The molecule has 1 aliphatic rings.